The molecule has 4 rings (SSSR count). The van der Waals surface area contributed by atoms with Crippen LogP contribution in [0.2, 0.25) is 0 Å². The molecular formula is C24H32N2O. The van der Waals surface area contributed by atoms with E-state index in [0.717, 1.165) is 43.9 Å². The van der Waals surface area contributed by atoms with Crippen molar-refractivity contribution in [2.75, 3.05) is 38.2 Å². The molecule has 2 aromatic carbocycles. The number of para-hydroxylation sites is 2. The van der Waals surface area contributed by atoms with Gasteiger partial charge >= 0.3 is 0 Å². The van der Waals surface area contributed by atoms with Gasteiger partial charge in [0.05, 0.1) is 12.8 Å². The Bertz CT molecular complexity index is 744. The largest absolute Gasteiger partial charge is 0.495 e. The first-order chi connectivity index (χ1) is 13.2. The molecule has 0 radical (unpaired) electrons. The van der Waals surface area contributed by atoms with E-state index in [9.17, 15) is 0 Å². The van der Waals surface area contributed by atoms with E-state index in [1.165, 1.54) is 36.9 Å². The fourth-order valence-corrected chi connectivity index (χ4v) is 4.92. The molecule has 0 atom stereocenters. The summed E-state index contributed by atoms with van der Waals surface area (Å²) in [5.41, 5.74) is 4.18. The lowest BCUT2D eigenvalue weighted by Gasteiger charge is -2.43. The van der Waals surface area contributed by atoms with Crippen molar-refractivity contribution in [3.05, 3.63) is 59.7 Å². The quantitative estimate of drug-likeness (QED) is 0.771. The van der Waals surface area contributed by atoms with E-state index in [2.05, 4.69) is 59.2 Å². The Labute approximate surface area is 163 Å². The number of rotatable bonds is 4. The fourth-order valence-electron chi connectivity index (χ4n) is 4.92. The predicted molar refractivity (Wildman–Crippen MR) is 113 cm³/mol. The number of aryl methyl sites for hydroxylation is 1. The number of piperazine rings is 1. The van der Waals surface area contributed by atoms with Crippen molar-refractivity contribution in [1.82, 2.24) is 4.90 Å². The SMILES string of the molecule is COc1ccccc1N1CCN(C2CCC(c3cccc(C)c3)CC2)CC1. The van der Waals surface area contributed by atoms with Crippen molar-refractivity contribution < 1.29 is 4.74 Å². The van der Waals surface area contributed by atoms with Crippen LogP contribution in [0.15, 0.2) is 48.5 Å². The van der Waals surface area contributed by atoms with Gasteiger partial charge in [-0.3, -0.25) is 4.90 Å². The zero-order valence-corrected chi connectivity index (χ0v) is 16.7. The number of benzene rings is 2. The molecule has 1 aliphatic heterocycles. The Kier molecular flexibility index (Phi) is 5.68. The molecule has 0 amide bonds. The van der Waals surface area contributed by atoms with E-state index in [0.29, 0.717) is 0 Å². The highest BCUT2D eigenvalue weighted by atomic mass is 16.5. The van der Waals surface area contributed by atoms with Gasteiger partial charge in [-0.15, -0.1) is 0 Å². The van der Waals surface area contributed by atoms with Crippen LogP contribution in [-0.4, -0.2) is 44.2 Å². The second-order valence-corrected chi connectivity index (χ2v) is 8.11. The third-order valence-corrected chi connectivity index (χ3v) is 6.47. The van der Waals surface area contributed by atoms with E-state index in [4.69, 9.17) is 4.74 Å². The molecule has 2 aliphatic rings. The van der Waals surface area contributed by atoms with Gasteiger partial charge in [0, 0.05) is 32.2 Å². The molecule has 3 heteroatoms. The third-order valence-electron chi connectivity index (χ3n) is 6.47. The maximum absolute atomic E-state index is 5.55. The lowest BCUT2D eigenvalue weighted by atomic mass is 9.81. The van der Waals surface area contributed by atoms with Crippen LogP contribution < -0.4 is 9.64 Å². The van der Waals surface area contributed by atoms with Gasteiger partial charge in [-0.1, -0.05) is 42.0 Å². The molecule has 2 aromatic rings. The van der Waals surface area contributed by atoms with Gasteiger partial charge in [0.15, 0.2) is 0 Å². The van der Waals surface area contributed by atoms with E-state index >= 15 is 0 Å². The highest BCUT2D eigenvalue weighted by Gasteiger charge is 2.29. The van der Waals surface area contributed by atoms with Gasteiger partial charge in [0.2, 0.25) is 0 Å². The summed E-state index contributed by atoms with van der Waals surface area (Å²) in [7, 11) is 1.77. The van der Waals surface area contributed by atoms with E-state index < -0.39 is 0 Å². The van der Waals surface area contributed by atoms with Crippen molar-refractivity contribution in [1.29, 1.82) is 0 Å². The van der Waals surface area contributed by atoms with Crippen LogP contribution in [0.25, 0.3) is 0 Å². The Hall–Kier alpha value is -2.00. The Morgan fingerprint density at radius 1 is 0.852 bits per heavy atom. The minimum atomic E-state index is 0.760. The molecular weight excluding hydrogens is 332 g/mol. The number of hydrogen-bond acceptors (Lipinski definition) is 3. The second kappa shape index (κ2) is 8.35. The van der Waals surface area contributed by atoms with Crippen molar-refractivity contribution in [2.24, 2.45) is 0 Å². The molecule has 0 aromatic heterocycles. The van der Waals surface area contributed by atoms with Crippen LogP contribution in [0.3, 0.4) is 0 Å². The maximum atomic E-state index is 5.55. The molecule has 27 heavy (non-hydrogen) atoms. The Morgan fingerprint density at radius 3 is 2.30 bits per heavy atom. The summed E-state index contributed by atoms with van der Waals surface area (Å²) in [6, 6.07) is 18.3. The fraction of sp³-hybridized carbons (Fsp3) is 0.500. The molecule has 1 heterocycles. The zero-order chi connectivity index (χ0) is 18.6. The monoisotopic (exact) mass is 364 g/mol. The minimum absolute atomic E-state index is 0.760. The van der Waals surface area contributed by atoms with Crippen LogP contribution in [0, 0.1) is 6.92 Å². The van der Waals surface area contributed by atoms with Gasteiger partial charge in [-0.2, -0.15) is 0 Å². The van der Waals surface area contributed by atoms with Crippen LogP contribution in [0.5, 0.6) is 5.75 Å². The van der Waals surface area contributed by atoms with Crippen LogP contribution in [-0.2, 0) is 0 Å². The van der Waals surface area contributed by atoms with Crippen LogP contribution in [0.1, 0.15) is 42.7 Å². The van der Waals surface area contributed by atoms with Gasteiger partial charge in [0.25, 0.3) is 0 Å². The molecule has 1 aliphatic carbocycles. The first kappa shape index (κ1) is 18.4. The molecule has 2 fully saturated rings. The highest BCUT2D eigenvalue weighted by Crippen LogP contribution is 2.36. The molecule has 0 unspecified atom stereocenters. The number of methoxy groups -OCH3 is 1. The van der Waals surface area contributed by atoms with Crippen molar-refractivity contribution in [2.45, 2.75) is 44.6 Å². The van der Waals surface area contributed by atoms with Gasteiger partial charge in [0.1, 0.15) is 5.75 Å². The number of anilines is 1. The van der Waals surface area contributed by atoms with Gasteiger partial charge in [-0.05, 0) is 56.2 Å². The summed E-state index contributed by atoms with van der Waals surface area (Å²) in [4.78, 5) is 5.21. The average molecular weight is 365 g/mol. The standard InChI is InChI=1S/C24H32N2O/c1-19-6-5-7-21(18-19)20-10-12-22(13-11-20)25-14-16-26(17-15-25)23-8-3-4-9-24(23)27-2/h3-9,18,20,22H,10-17H2,1-2H3. The molecule has 0 bridgehead atoms. The minimum Gasteiger partial charge on any atom is -0.495 e. The first-order valence-electron chi connectivity index (χ1n) is 10.4. The summed E-state index contributed by atoms with van der Waals surface area (Å²) < 4.78 is 5.55. The summed E-state index contributed by atoms with van der Waals surface area (Å²) >= 11 is 0. The van der Waals surface area contributed by atoms with Gasteiger partial charge in [-0.25, -0.2) is 0 Å². The number of ether oxygens (including phenoxy) is 1. The molecule has 0 spiro atoms. The third kappa shape index (κ3) is 4.14. The molecule has 144 valence electrons. The number of nitrogens with zero attached hydrogens (tertiary/aromatic N) is 2. The molecule has 3 nitrogen and oxygen atoms in total. The van der Waals surface area contributed by atoms with Crippen molar-refractivity contribution in [3.8, 4) is 5.75 Å². The summed E-state index contributed by atoms with van der Waals surface area (Å²) in [5.74, 6) is 1.75. The Morgan fingerprint density at radius 2 is 1.59 bits per heavy atom. The molecule has 1 saturated carbocycles. The first-order valence-corrected chi connectivity index (χ1v) is 10.4. The van der Waals surface area contributed by atoms with E-state index in [1.807, 2.05) is 6.07 Å². The average Bonchev–Trinajstić information content (AvgIpc) is 2.74. The normalized spacial score (nSPS) is 24.0. The van der Waals surface area contributed by atoms with Crippen molar-refractivity contribution >= 4 is 5.69 Å². The smallest absolute Gasteiger partial charge is 0.142 e. The second-order valence-electron chi connectivity index (χ2n) is 8.11. The van der Waals surface area contributed by atoms with E-state index in [-0.39, 0.29) is 0 Å². The lowest BCUT2D eigenvalue weighted by Crippen LogP contribution is -2.51. The summed E-state index contributed by atoms with van der Waals surface area (Å²) in [6.07, 6.45) is 5.35. The predicted octanol–water partition coefficient (Wildman–Crippen LogP) is 4.85. The lowest BCUT2D eigenvalue weighted by molar-refractivity contribution is 0.141. The molecule has 0 N–H and O–H groups in total. The van der Waals surface area contributed by atoms with Gasteiger partial charge < -0.3 is 9.64 Å². The topological polar surface area (TPSA) is 15.7 Å². The molecule has 1 saturated heterocycles. The zero-order valence-electron chi connectivity index (χ0n) is 16.7. The van der Waals surface area contributed by atoms with E-state index in [1.54, 1.807) is 12.7 Å². The van der Waals surface area contributed by atoms with Crippen molar-refractivity contribution in [3.63, 3.8) is 0 Å². The highest BCUT2D eigenvalue weighted by molar-refractivity contribution is 5.58. The maximum Gasteiger partial charge on any atom is 0.142 e. The van der Waals surface area contributed by atoms with Crippen LogP contribution in [0.4, 0.5) is 5.69 Å². The number of hydrogen-bond donors (Lipinski definition) is 0. The Balaban J connectivity index is 1.31. The van der Waals surface area contributed by atoms with Crippen LogP contribution >= 0.6 is 0 Å². The summed E-state index contributed by atoms with van der Waals surface area (Å²) in [6.45, 7) is 6.72. The summed E-state index contributed by atoms with van der Waals surface area (Å²) in [5, 5.41) is 0.